The van der Waals surface area contributed by atoms with Gasteiger partial charge in [-0.05, 0) is 6.07 Å². The molecule has 94 valence electrons. The van der Waals surface area contributed by atoms with Gasteiger partial charge in [0, 0.05) is 24.5 Å². The van der Waals surface area contributed by atoms with E-state index in [-0.39, 0.29) is 5.69 Å². The summed E-state index contributed by atoms with van der Waals surface area (Å²) in [5.74, 6) is 1.29. The van der Waals surface area contributed by atoms with Crippen LogP contribution in [-0.2, 0) is 6.54 Å². The Bertz CT molecular complexity index is 539. The molecule has 2 aromatic rings. The minimum Gasteiger partial charge on any atom is -0.495 e. The standard InChI is InChI=1S/C11H12N4O3/c1-18-10-3-2-8(15(16)17)6-9(10)14-7-11-12-4-5-13-11/h2-6,14H,7H2,1H3,(H,12,13). The van der Waals surface area contributed by atoms with Crippen LogP contribution in [0.3, 0.4) is 0 Å². The van der Waals surface area contributed by atoms with Crippen LogP contribution in [0.25, 0.3) is 0 Å². The molecule has 0 spiro atoms. The molecule has 0 aliphatic rings. The summed E-state index contributed by atoms with van der Waals surface area (Å²) in [7, 11) is 1.51. The van der Waals surface area contributed by atoms with Crippen molar-refractivity contribution in [3.05, 3.63) is 46.5 Å². The molecule has 1 aromatic carbocycles. The molecule has 0 amide bonds. The van der Waals surface area contributed by atoms with Gasteiger partial charge in [-0.15, -0.1) is 0 Å². The molecule has 0 atom stereocenters. The van der Waals surface area contributed by atoms with Crippen molar-refractivity contribution in [3.8, 4) is 5.75 Å². The molecule has 7 nitrogen and oxygen atoms in total. The number of imidazole rings is 1. The Morgan fingerprint density at radius 3 is 3.00 bits per heavy atom. The molecule has 0 aliphatic heterocycles. The van der Waals surface area contributed by atoms with E-state index in [9.17, 15) is 10.1 Å². The number of nitrogens with one attached hydrogen (secondary N) is 2. The quantitative estimate of drug-likeness (QED) is 0.623. The SMILES string of the molecule is COc1ccc([N+](=O)[O-])cc1NCc1ncc[nH]1. The molecular weight excluding hydrogens is 236 g/mol. The fourth-order valence-corrected chi connectivity index (χ4v) is 1.52. The number of nitro groups is 1. The third-order valence-electron chi connectivity index (χ3n) is 2.40. The first-order chi connectivity index (χ1) is 8.70. The predicted molar refractivity (Wildman–Crippen MR) is 65.6 cm³/mol. The van der Waals surface area contributed by atoms with E-state index in [1.807, 2.05) is 0 Å². The Morgan fingerprint density at radius 1 is 1.56 bits per heavy atom. The monoisotopic (exact) mass is 248 g/mol. The number of aromatic amines is 1. The summed E-state index contributed by atoms with van der Waals surface area (Å²) in [6.45, 7) is 0.435. The van der Waals surface area contributed by atoms with Gasteiger partial charge in [0.25, 0.3) is 5.69 Å². The molecule has 2 rings (SSSR count). The highest BCUT2D eigenvalue weighted by Crippen LogP contribution is 2.28. The van der Waals surface area contributed by atoms with Crippen molar-refractivity contribution < 1.29 is 9.66 Å². The Kier molecular flexibility index (Phi) is 3.42. The topological polar surface area (TPSA) is 93.1 Å². The maximum absolute atomic E-state index is 10.7. The highest BCUT2D eigenvalue weighted by molar-refractivity contribution is 5.61. The fourth-order valence-electron chi connectivity index (χ4n) is 1.52. The molecule has 0 saturated carbocycles. The molecule has 0 unspecified atom stereocenters. The van der Waals surface area contributed by atoms with Crippen molar-refractivity contribution in [1.29, 1.82) is 0 Å². The highest BCUT2D eigenvalue weighted by atomic mass is 16.6. The van der Waals surface area contributed by atoms with Crippen molar-refractivity contribution in [3.63, 3.8) is 0 Å². The second-order valence-corrected chi connectivity index (χ2v) is 3.53. The summed E-state index contributed by atoms with van der Waals surface area (Å²) in [5.41, 5.74) is 0.570. The third kappa shape index (κ3) is 2.57. The van der Waals surface area contributed by atoms with Crippen LogP contribution >= 0.6 is 0 Å². The number of nitro benzene ring substituents is 1. The molecule has 0 bridgehead atoms. The fraction of sp³-hybridized carbons (Fsp3) is 0.182. The Labute approximate surface area is 103 Å². The lowest BCUT2D eigenvalue weighted by Gasteiger charge is -2.09. The zero-order chi connectivity index (χ0) is 13.0. The molecular formula is C11H12N4O3. The van der Waals surface area contributed by atoms with E-state index in [1.54, 1.807) is 18.5 Å². The Hall–Kier alpha value is -2.57. The molecule has 0 aliphatic carbocycles. The number of hydrogen-bond donors (Lipinski definition) is 2. The van der Waals surface area contributed by atoms with Gasteiger partial charge in [0.1, 0.15) is 11.6 Å². The summed E-state index contributed by atoms with van der Waals surface area (Å²) >= 11 is 0. The van der Waals surface area contributed by atoms with Gasteiger partial charge in [-0.3, -0.25) is 10.1 Å². The predicted octanol–water partition coefficient (Wildman–Crippen LogP) is 1.94. The summed E-state index contributed by atoms with van der Waals surface area (Å²) in [6, 6.07) is 4.39. The smallest absolute Gasteiger partial charge is 0.271 e. The molecule has 0 radical (unpaired) electrons. The molecule has 7 heteroatoms. The average Bonchev–Trinajstić information content (AvgIpc) is 2.89. The van der Waals surface area contributed by atoms with Gasteiger partial charge in [-0.2, -0.15) is 0 Å². The van der Waals surface area contributed by atoms with Crippen LogP contribution in [0.4, 0.5) is 11.4 Å². The number of anilines is 1. The van der Waals surface area contributed by atoms with Crippen LogP contribution in [0.15, 0.2) is 30.6 Å². The lowest BCUT2D eigenvalue weighted by atomic mass is 10.2. The van der Waals surface area contributed by atoms with Crippen molar-refractivity contribution in [2.75, 3.05) is 12.4 Å². The van der Waals surface area contributed by atoms with Crippen molar-refractivity contribution in [2.45, 2.75) is 6.54 Å². The van der Waals surface area contributed by atoms with Crippen LogP contribution in [0.2, 0.25) is 0 Å². The number of rotatable bonds is 5. The maximum Gasteiger partial charge on any atom is 0.271 e. The van der Waals surface area contributed by atoms with Crippen LogP contribution in [0.1, 0.15) is 5.82 Å². The van der Waals surface area contributed by atoms with Gasteiger partial charge >= 0.3 is 0 Å². The third-order valence-corrected chi connectivity index (χ3v) is 2.40. The van der Waals surface area contributed by atoms with Crippen molar-refractivity contribution >= 4 is 11.4 Å². The minimum absolute atomic E-state index is 0.0118. The van der Waals surface area contributed by atoms with Gasteiger partial charge < -0.3 is 15.0 Å². The number of benzene rings is 1. The summed E-state index contributed by atoms with van der Waals surface area (Å²) in [5, 5.41) is 13.7. The van der Waals surface area contributed by atoms with E-state index < -0.39 is 4.92 Å². The Morgan fingerprint density at radius 2 is 2.39 bits per heavy atom. The zero-order valence-corrected chi connectivity index (χ0v) is 9.71. The minimum atomic E-state index is -0.447. The molecule has 1 heterocycles. The average molecular weight is 248 g/mol. The van der Waals surface area contributed by atoms with E-state index >= 15 is 0 Å². The van der Waals surface area contributed by atoms with E-state index in [2.05, 4.69) is 15.3 Å². The first kappa shape index (κ1) is 11.9. The van der Waals surface area contributed by atoms with Crippen molar-refractivity contribution in [2.24, 2.45) is 0 Å². The number of non-ortho nitro benzene ring substituents is 1. The highest BCUT2D eigenvalue weighted by Gasteiger charge is 2.11. The summed E-state index contributed by atoms with van der Waals surface area (Å²) in [6.07, 6.45) is 3.35. The number of nitrogens with zero attached hydrogens (tertiary/aromatic N) is 2. The summed E-state index contributed by atoms with van der Waals surface area (Å²) in [4.78, 5) is 17.2. The van der Waals surface area contributed by atoms with Gasteiger partial charge in [-0.1, -0.05) is 0 Å². The lowest BCUT2D eigenvalue weighted by molar-refractivity contribution is -0.384. The molecule has 18 heavy (non-hydrogen) atoms. The largest absolute Gasteiger partial charge is 0.495 e. The second-order valence-electron chi connectivity index (χ2n) is 3.53. The van der Waals surface area contributed by atoms with Gasteiger partial charge in [0.15, 0.2) is 0 Å². The van der Waals surface area contributed by atoms with Crippen LogP contribution in [0.5, 0.6) is 5.75 Å². The Balaban J connectivity index is 2.18. The lowest BCUT2D eigenvalue weighted by Crippen LogP contribution is -2.03. The van der Waals surface area contributed by atoms with Gasteiger partial charge in [-0.25, -0.2) is 4.98 Å². The normalized spacial score (nSPS) is 10.1. The molecule has 1 aromatic heterocycles. The number of hydrogen-bond acceptors (Lipinski definition) is 5. The van der Waals surface area contributed by atoms with Crippen molar-refractivity contribution in [1.82, 2.24) is 9.97 Å². The van der Waals surface area contributed by atoms with E-state index in [4.69, 9.17) is 4.74 Å². The number of H-pyrrole nitrogens is 1. The number of aromatic nitrogens is 2. The second kappa shape index (κ2) is 5.17. The molecule has 0 fully saturated rings. The van der Waals surface area contributed by atoms with Gasteiger partial charge in [0.2, 0.25) is 0 Å². The van der Waals surface area contributed by atoms with Crippen LogP contribution < -0.4 is 10.1 Å². The van der Waals surface area contributed by atoms with Crippen LogP contribution in [0, 0.1) is 10.1 Å². The maximum atomic E-state index is 10.7. The number of methoxy groups -OCH3 is 1. The van der Waals surface area contributed by atoms with E-state index in [1.165, 1.54) is 19.2 Å². The van der Waals surface area contributed by atoms with Gasteiger partial charge in [0.05, 0.1) is 24.3 Å². The zero-order valence-electron chi connectivity index (χ0n) is 9.71. The molecule has 0 saturated heterocycles. The first-order valence-corrected chi connectivity index (χ1v) is 5.25. The van der Waals surface area contributed by atoms with E-state index in [0.717, 1.165) is 5.82 Å². The molecule has 2 N–H and O–H groups in total. The number of ether oxygens (including phenoxy) is 1. The van der Waals surface area contributed by atoms with Crippen LogP contribution in [-0.4, -0.2) is 22.0 Å². The van der Waals surface area contributed by atoms with E-state index in [0.29, 0.717) is 18.0 Å². The summed E-state index contributed by atoms with van der Waals surface area (Å²) < 4.78 is 5.13. The first-order valence-electron chi connectivity index (χ1n) is 5.25.